The molecule has 0 saturated carbocycles. The van der Waals surface area contributed by atoms with Crippen molar-refractivity contribution >= 4 is 78.1 Å². The predicted octanol–water partition coefficient (Wildman–Crippen LogP) is 8.11. The van der Waals surface area contributed by atoms with Crippen LogP contribution in [0.15, 0.2) is 121 Å². The summed E-state index contributed by atoms with van der Waals surface area (Å²) in [4.78, 5) is 55.6. The third-order valence-corrected chi connectivity index (χ3v) is 19.8. The maximum Gasteiger partial charge on any atom is 0.324 e. The number of morpholine rings is 2. The zero-order valence-electron chi connectivity index (χ0n) is 54.7. The van der Waals surface area contributed by atoms with Crippen LogP contribution in [0, 0.1) is 0 Å². The van der Waals surface area contributed by atoms with E-state index in [1.807, 2.05) is 102 Å². The van der Waals surface area contributed by atoms with Gasteiger partial charge in [-0.25, -0.2) is 28.4 Å². The van der Waals surface area contributed by atoms with Crippen LogP contribution in [-0.2, 0) is 63.4 Å². The minimum absolute atomic E-state index is 0.0138. The number of carbonyl (C=O) groups excluding carboxylic acids is 4. The number of hydrogen-bond acceptors (Lipinski definition) is 16. The van der Waals surface area contributed by atoms with Crippen LogP contribution in [0.4, 0.5) is 32.6 Å². The van der Waals surface area contributed by atoms with Crippen molar-refractivity contribution in [3.8, 4) is 22.9 Å². The number of ether oxygens (including phenoxy) is 4. The first-order valence-corrected chi connectivity index (χ1v) is 34.1. The number of carbonyl (C=O) groups is 4. The molecule has 26 nitrogen and oxygen atoms in total. The zero-order valence-corrected chi connectivity index (χ0v) is 56.4. The van der Waals surface area contributed by atoms with Gasteiger partial charge in [-0.2, -0.15) is 35.6 Å². The molecule has 94 heavy (non-hydrogen) atoms. The van der Waals surface area contributed by atoms with E-state index < -0.39 is 55.4 Å². The van der Waals surface area contributed by atoms with Crippen LogP contribution in [0.5, 0.6) is 11.5 Å². The number of urea groups is 2. The number of amides is 6. The lowest BCUT2D eigenvalue weighted by Crippen LogP contribution is -2.43. The zero-order chi connectivity index (χ0) is 67.4. The SMILES string of the molecule is CC(C)(C)c1cc(NC(=O)Nc2ccc(OCCN3CCOCC3)c3ccccc23)n(-c2ccc(CN3C(C)(C)C(=O)NS3(=O)=O)cc2)n1.CC(C)(C)c1cc(NC(=O)Nc2ccc(OCCN3CCOCC3)cc2)n(-c2ccc(CN3C(C)(C)C(=O)NS3(=O)=O)cc2)n1. The second-order valence-electron chi connectivity index (χ2n) is 26.4. The van der Waals surface area contributed by atoms with Gasteiger partial charge >= 0.3 is 32.5 Å². The number of rotatable bonds is 18. The van der Waals surface area contributed by atoms with E-state index in [1.165, 1.54) is 0 Å². The molecule has 4 aliphatic heterocycles. The van der Waals surface area contributed by atoms with E-state index in [4.69, 9.17) is 29.1 Å². The van der Waals surface area contributed by atoms with Crippen LogP contribution < -0.4 is 40.2 Å². The van der Waals surface area contributed by atoms with Crippen molar-refractivity contribution in [3.63, 3.8) is 0 Å². The van der Waals surface area contributed by atoms with Gasteiger partial charge in [-0.15, -0.1) is 0 Å². The largest absolute Gasteiger partial charge is 0.492 e. The van der Waals surface area contributed by atoms with Gasteiger partial charge in [0.1, 0.15) is 47.4 Å². The molecule has 6 N–H and O–H groups in total. The van der Waals surface area contributed by atoms with Gasteiger partial charge in [0.05, 0.1) is 54.9 Å². The lowest BCUT2D eigenvalue weighted by atomic mass is 9.92. The lowest BCUT2D eigenvalue weighted by Gasteiger charge is -2.26. The molecule has 6 amide bonds. The third kappa shape index (κ3) is 16.2. The average molecular weight is 1330 g/mol. The van der Waals surface area contributed by atoms with Gasteiger partial charge < -0.3 is 29.6 Å². The molecule has 2 aromatic heterocycles. The first-order chi connectivity index (χ1) is 44.4. The molecular formula is C66H84N14O12S2. The summed E-state index contributed by atoms with van der Waals surface area (Å²) in [7, 11) is -7.86. The van der Waals surface area contributed by atoms with Crippen molar-refractivity contribution < 1.29 is 55.0 Å². The molecule has 0 aliphatic carbocycles. The normalized spacial score (nSPS) is 18.1. The number of anilines is 4. The molecule has 5 aromatic carbocycles. The molecule has 0 unspecified atom stereocenters. The molecule has 0 atom stereocenters. The van der Waals surface area contributed by atoms with Crippen LogP contribution in [0.25, 0.3) is 22.1 Å². The Bertz CT molecular complexity index is 4110. The van der Waals surface area contributed by atoms with E-state index in [9.17, 15) is 36.0 Å². The highest BCUT2D eigenvalue weighted by atomic mass is 32.2. The molecule has 4 fully saturated rings. The quantitative estimate of drug-likeness (QED) is 0.0473. The molecule has 0 spiro atoms. The molecule has 7 aromatic rings. The summed E-state index contributed by atoms with van der Waals surface area (Å²) in [6, 6.07) is 35.8. The van der Waals surface area contributed by atoms with E-state index in [0.717, 1.165) is 108 Å². The van der Waals surface area contributed by atoms with Crippen molar-refractivity contribution in [2.75, 3.05) is 100 Å². The van der Waals surface area contributed by atoms with E-state index in [0.29, 0.717) is 58.7 Å². The number of fused-ring (bicyclic) bond motifs is 1. The van der Waals surface area contributed by atoms with Crippen molar-refractivity contribution in [3.05, 3.63) is 144 Å². The van der Waals surface area contributed by atoms with Gasteiger partial charge in [0.15, 0.2) is 0 Å². The molecule has 11 rings (SSSR count). The number of nitrogens with zero attached hydrogens (tertiary/aromatic N) is 8. The first kappa shape index (κ1) is 68.4. The van der Waals surface area contributed by atoms with Crippen molar-refractivity contribution in [2.24, 2.45) is 0 Å². The minimum Gasteiger partial charge on any atom is -0.492 e. The van der Waals surface area contributed by atoms with Crippen LogP contribution >= 0.6 is 0 Å². The Morgan fingerprint density at radius 1 is 0.543 bits per heavy atom. The smallest absolute Gasteiger partial charge is 0.324 e. The summed E-state index contributed by atoms with van der Waals surface area (Å²) in [6.07, 6.45) is 0. The van der Waals surface area contributed by atoms with Gasteiger partial charge in [0, 0.05) is 91.8 Å². The molecule has 502 valence electrons. The minimum atomic E-state index is -3.94. The third-order valence-electron chi connectivity index (χ3n) is 16.6. The summed E-state index contributed by atoms with van der Waals surface area (Å²) < 4.78 is 82.7. The Kier molecular flexibility index (Phi) is 20.3. The highest BCUT2D eigenvalue weighted by molar-refractivity contribution is 7.88. The molecular weight excluding hydrogens is 1240 g/mol. The summed E-state index contributed by atoms with van der Waals surface area (Å²) in [5, 5.41) is 23.0. The van der Waals surface area contributed by atoms with Gasteiger partial charge in [0.2, 0.25) is 0 Å². The first-order valence-electron chi connectivity index (χ1n) is 31.2. The summed E-state index contributed by atoms with van der Waals surface area (Å²) in [5.41, 5.74) is 2.47. The standard InChI is InChI=1S/C35H43N7O6S.C31H41N7O6S/c1-34(2,3)30-22-31(42(38-30)25-12-10-24(11-13-25)23-41-35(4,5)32(43)39-49(41,45)46)37-33(44)36-28-14-15-29(27-9-7-6-8-26(27)28)48-21-18-40-16-19-47-20-17-40;1-30(2,3)26-20-27(33-29(40)32-23-8-12-25(13-9-23)44-19-16-36-14-17-43-18-15-36)38(34-26)24-10-6-22(7-11-24)21-37-31(4,5)28(39)35-45(37,41)42/h6-15,22H,16-21,23H2,1-5H3,(H,39,43)(H2,36,37,44);6-13,20H,14-19,21H2,1-5H3,(H,35,39)(H2,32,33,40). The number of nitrogens with one attached hydrogen (secondary N) is 6. The highest BCUT2D eigenvalue weighted by Crippen LogP contribution is 2.35. The molecule has 4 saturated heterocycles. The van der Waals surface area contributed by atoms with Crippen LogP contribution in [-0.4, -0.2) is 169 Å². The summed E-state index contributed by atoms with van der Waals surface area (Å²) in [6.45, 7) is 27.9. The number of benzene rings is 5. The van der Waals surface area contributed by atoms with Crippen molar-refractivity contribution in [1.29, 1.82) is 0 Å². The van der Waals surface area contributed by atoms with Gasteiger partial charge in [-0.3, -0.25) is 30.0 Å². The average Bonchev–Trinajstić information content (AvgIpc) is 1.61. The van der Waals surface area contributed by atoms with E-state index in [-0.39, 0.29) is 23.9 Å². The molecule has 0 bridgehead atoms. The Labute approximate surface area is 549 Å². The Morgan fingerprint density at radius 2 is 0.968 bits per heavy atom. The Balaban J connectivity index is 0.000000206. The van der Waals surface area contributed by atoms with Gasteiger partial charge in [0.25, 0.3) is 11.8 Å². The van der Waals surface area contributed by atoms with Crippen molar-refractivity contribution in [1.82, 2.24) is 47.4 Å². The second-order valence-corrected chi connectivity index (χ2v) is 29.6. The van der Waals surface area contributed by atoms with Crippen LogP contribution in [0.2, 0.25) is 0 Å². The lowest BCUT2D eigenvalue weighted by molar-refractivity contribution is -0.125. The monoisotopic (exact) mass is 1330 g/mol. The maximum atomic E-state index is 13.5. The molecule has 28 heteroatoms. The van der Waals surface area contributed by atoms with E-state index >= 15 is 0 Å². The Morgan fingerprint density at radius 3 is 1.39 bits per heavy atom. The fourth-order valence-corrected chi connectivity index (χ4v) is 14.0. The van der Waals surface area contributed by atoms with Crippen molar-refractivity contribution in [2.45, 2.75) is 104 Å². The van der Waals surface area contributed by atoms with E-state index in [2.05, 4.69) is 40.5 Å². The summed E-state index contributed by atoms with van der Waals surface area (Å²) >= 11 is 0. The summed E-state index contributed by atoms with van der Waals surface area (Å²) in [5.74, 6) is 1.26. The molecule has 4 aliphatic rings. The van der Waals surface area contributed by atoms with E-state index in [1.54, 1.807) is 97.7 Å². The fourth-order valence-electron chi connectivity index (χ4n) is 10.8. The van der Waals surface area contributed by atoms with Crippen LogP contribution in [0.3, 0.4) is 0 Å². The molecule has 6 heterocycles. The Hall–Kier alpha value is -8.48. The molecule has 0 radical (unpaired) electrons. The fraction of sp³-hybridized carbons (Fsp3) is 0.424. The number of hydrogen-bond donors (Lipinski definition) is 6. The van der Waals surface area contributed by atoms with Gasteiger partial charge in [-0.05, 0) is 99.5 Å². The second kappa shape index (κ2) is 27.8. The highest BCUT2D eigenvalue weighted by Gasteiger charge is 2.51. The van der Waals surface area contributed by atoms with Crippen LogP contribution in [0.1, 0.15) is 91.8 Å². The maximum absolute atomic E-state index is 13.5. The van der Waals surface area contributed by atoms with Gasteiger partial charge in [-0.1, -0.05) is 90.1 Å². The predicted molar refractivity (Wildman–Crippen MR) is 359 cm³/mol. The number of aromatic nitrogens is 4. The topological polar surface area (TPSA) is 294 Å².